The summed E-state index contributed by atoms with van der Waals surface area (Å²) < 4.78 is 5.59. The van der Waals surface area contributed by atoms with Crippen molar-refractivity contribution < 1.29 is 9.66 Å². The summed E-state index contributed by atoms with van der Waals surface area (Å²) in [5, 5.41) is 14.0. The van der Waals surface area contributed by atoms with Crippen LogP contribution in [0.1, 0.15) is 19.8 Å². The van der Waals surface area contributed by atoms with E-state index in [1.54, 1.807) is 0 Å². The van der Waals surface area contributed by atoms with Crippen molar-refractivity contribution in [2.24, 2.45) is 5.92 Å². The minimum atomic E-state index is -0.399. The van der Waals surface area contributed by atoms with Crippen LogP contribution in [0.25, 0.3) is 0 Å². The molecule has 0 unspecified atom stereocenters. The fraction of sp³-hybridized carbons (Fsp3) is 0.643. The van der Waals surface area contributed by atoms with Crippen LogP contribution in [0, 0.1) is 16.0 Å². The smallest absolute Gasteiger partial charge is 0.276 e. The SMILES string of the molecule is CCNc1cc([N+](=O)[O-])cc(N(C)CCOCC2CC2)n1. The van der Waals surface area contributed by atoms with E-state index < -0.39 is 4.92 Å². The highest BCUT2D eigenvalue weighted by Gasteiger charge is 2.21. The van der Waals surface area contributed by atoms with Gasteiger partial charge in [-0.3, -0.25) is 10.1 Å². The molecule has 1 saturated carbocycles. The number of hydrogen-bond acceptors (Lipinski definition) is 6. The van der Waals surface area contributed by atoms with E-state index in [2.05, 4.69) is 10.3 Å². The Morgan fingerprint density at radius 2 is 2.29 bits per heavy atom. The third-order valence-electron chi connectivity index (χ3n) is 3.38. The van der Waals surface area contributed by atoms with Crippen LogP contribution in [0.5, 0.6) is 0 Å². The van der Waals surface area contributed by atoms with Crippen molar-refractivity contribution in [1.29, 1.82) is 0 Å². The first-order valence-corrected chi connectivity index (χ1v) is 7.29. The summed E-state index contributed by atoms with van der Waals surface area (Å²) >= 11 is 0. The molecule has 1 fully saturated rings. The molecule has 7 nitrogen and oxygen atoms in total. The van der Waals surface area contributed by atoms with Gasteiger partial charge in [-0.1, -0.05) is 0 Å². The van der Waals surface area contributed by atoms with Crippen LogP contribution < -0.4 is 10.2 Å². The van der Waals surface area contributed by atoms with Gasteiger partial charge in [-0.15, -0.1) is 0 Å². The molecule has 1 aromatic rings. The summed E-state index contributed by atoms with van der Waals surface area (Å²) in [6.07, 6.45) is 2.54. The predicted molar refractivity (Wildman–Crippen MR) is 81.9 cm³/mol. The summed E-state index contributed by atoms with van der Waals surface area (Å²) in [6, 6.07) is 2.94. The molecule has 1 aliphatic carbocycles. The zero-order valence-electron chi connectivity index (χ0n) is 12.5. The van der Waals surface area contributed by atoms with Crippen molar-refractivity contribution in [1.82, 2.24) is 4.98 Å². The van der Waals surface area contributed by atoms with Crippen LogP contribution >= 0.6 is 0 Å². The molecule has 116 valence electrons. The number of hydrogen-bond donors (Lipinski definition) is 1. The highest BCUT2D eigenvalue weighted by molar-refractivity contribution is 5.55. The van der Waals surface area contributed by atoms with Crippen molar-refractivity contribution >= 4 is 17.3 Å². The maximum absolute atomic E-state index is 11.0. The van der Waals surface area contributed by atoms with Crippen LogP contribution in [0.15, 0.2) is 12.1 Å². The van der Waals surface area contributed by atoms with Crippen molar-refractivity contribution in [3.8, 4) is 0 Å². The summed E-state index contributed by atoms with van der Waals surface area (Å²) in [5.74, 6) is 1.84. The molecule has 1 N–H and O–H groups in total. The van der Waals surface area contributed by atoms with Crippen LogP contribution in [-0.4, -0.2) is 43.3 Å². The highest BCUT2D eigenvalue weighted by atomic mass is 16.6. The van der Waals surface area contributed by atoms with Gasteiger partial charge in [0.05, 0.1) is 23.7 Å². The van der Waals surface area contributed by atoms with Gasteiger partial charge < -0.3 is 15.0 Å². The number of ether oxygens (including phenoxy) is 1. The number of pyridine rings is 1. The molecule has 2 rings (SSSR count). The monoisotopic (exact) mass is 294 g/mol. The van der Waals surface area contributed by atoms with Crippen molar-refractivity contribution in [2.45, 2.75) is 19.8 Å². The molecular weight excluding hydrogens is 272 g/mol. The van der Waals surface area contributed by atoms with Gasteiger partial charge in [-0.25, -0.2) is 4.98 Å². The van der Waals surface area contributed by atoms with Crippen LogP contribution in [0.4, 0.5) is 17.3 Å². The van der Waals surface area contributed by atoms with E-state index in [-0.39, 0.29) is 5.69 Å². The Hall–Kier alpha value is -1.89. The summed E-state index contributed by atoms with van der Waals surface area (Å²) in [5.41, 5.74) is 0.0432. The number of likely N-dealkylation sites (N-methyl/N-ethyl adjacent to an activating group) is 1. The third kappa shape index (κ3) is 4.86. The number of anilines is 2. The van der Waals surface area contributed by atoms with E-state index in [0.29, 0.717) is 31.3 Å². The maximum Gasteiger partial charge on any atom is 0.276 e. The first-order valence-electron chi connectivity index (χ1n) is 7.29. The Kier molecular flexibility index (Phi) is 5.32. The van der Waals surface area contributed by atoms with E-state index in [9.17, 15) is 10.1 Å². The Morgan fingerprint density at radius 3 is 2.90 bits per heavy atom. The van der Waals surface area contributed by atoms with Crippen molar-refractivity contribution in [3.05, 3.63) is 22.2 Å². The molecule has 0 aromatic carbocycles. The number of aromatic nitrogens is 1. The molecule has 0 aliphatic heterocycles. The molecule has 0 bridgehead atoms. The van der Waals surface area contributed by atoms with E-state index in [1.807, 2.05) is 18.9 Å². The quantitative estimate of drug-likeness (QED) is 0.427. The zero-order chi connectivity index (χ0) is 15.2. The normalized spacial score (nSPS) is 14.0. The summed E-state index contributed by atoms with van der Waals surface area (Å²) in [4.78, 5) is 16.8. The first-order chi connectivity index (χ1) is 10.1. The van der Waals surface area contributed by atoms with Crippen molar-refractivity contribution in [3.63, 3.8) is 0 Å². The first kappa shape index (κ1) is 15.5. The lowest BCUT2D eigenvalue weighted by Crippen LogP contribution is -2.24. The van der Waals surface area contributed by atoms with Crippen LogP contribution in [0.2, 0.25) is 0 Å². The summed E-state index contributed by atoms with van der Waals surface area (Å²) in [6.45, 7) is 4.68. The lowest BCUT2D eigenvalue weighted by atomic mass is 10.3. The van der Waals surface area contributed by atoms with E-state index >= 15 is 0 Å². The van der Waals surface area contributed by atoms with Gasteiger partial charge in [0.25, 0.3) is 5.69 Å². The minimum absolute atomic E-state index is 0.0432. The zero-order valence-corrected chi connectivity index (χ0v) is 12.5. The number of nitrogens with one attached hydrogen (secondary N) is 1. The molecule has 0 saturated heterocycles. The van der Waals surface area contributed by atoms with E-state index in [0.717, 1.165) is 12.5 Å². The minimum Gasteiger partial charge on any atom is -0.379 e. The number of nitro groups is 1. The second-order valence-corrected chi connectivity index (χ2v) is 5.30. The Balaban J connectivity index is 1.96. The lowest BCUT2D eigenvalue weighted by molar-refractivity contribution is -0.384. The predicted octanol–water partition coefficient (Wildman–Crippen LogP) is 2.28. The molecule has 21 heavy (non-hydrogen) atoms. The van der Waals surface area contributed by atoms with Gasteiger partial charge in [0, 0.05) is 26.7 Å². The fourth-order valence-electron chi connectivity index (χ4n) is 1.93. The Bertz CT molecular complexity index is 491. The average Bonchev–Trinajstić information content (AvgIpc) is 3.27. The van der Waals surface area contributed by atoms with Crippen LogP contribution in [0.3, 0.4) is 0 Å². The largest absolute Gasteiger partial charge is 0.379 e. The van der Waals surface area contributed by atoms with E-state index in [4.69, 9.17) is 4.74 Å². The summed E-state index contributed by atoms with van der Waals surface area (Å²) in [7, 11) is 1.86. The molecule has 1 heterocycles. The highest BCUT2D eigenvalue weighted by Crippen LogP contribution is 2.28. The second-order valence-electron chi connectivity index (χ2n) is 5.30. The second kappa shape index (κ2) is 7.21. The third-order valence-corrected chi connectivity index (χ3v) is 3.38. The molecule has 1 aliphatic rings. The van der Waals surface area contributed by atoms with Gasteiger partial charge in [0.15, 0.2) is 0 Å². The molecule has 0 atom stereocenters. The molecular formula is C14H22N4O3. The van der Waals surface area contributed by atoms with Gasteiger partial charge in [-0.2, -0.15) is 0 Å². The van der Waals surface area contributed by atoms with E-state index in [1.165, 1.54) is 25.0 Å². The number of nitrogens with zero attached hydrogens (tertiary/aromatic N) is 3. The van der Waals surface area contributed by atoms with Gasteiger partial charge in [-0.05, 0) is 25.7 Å². The Labute approximate surface area is 124 Å². The van der Waals surface area contributed by atoms with Gasteiger partial charge >= 0.3 is 0 Å². The number of rotatable bonds is 9. The van der Waals surface area contributed by atoms with Crippen molar-refractivity contribution in [2.75, 3.05) is 43.6 Å². The topological polar surface area (TPSA) is 80.5 Å². The van der Waals surface area contributed by atoms with Gasteiger partial charge in [0.2, 0.25) is 0 Å². The van der Waals surface area contributed by atoms with Gasteiger partial charge in [0.1, 0.15) is 11.6 Å². The Morgan fingerprint density at radius 1 is 1.52 bits per heavy atom. The molecule has 7 heteroatoms. The standard InChI is InChI=1S/C14H22N4O3/c1-3-15-13-8-12(18(19)20)9-14(16-13)17(2)6-7-21-10-11-4-5-11/h8-9,11H,3-7,10H2,1-2H3,(H,15,16). The maximum atomic E-state index is 11.0. The molecule has 0 amide bonds. The molecule has 1 aromatic heterocycles. The molecule has 0 spiro atoms. The molecule has 0 radical (unpaired) electrons. The lowest BCUT2D eigenvalue weighted by Gasteiger charge is -2.18. The average molecular weight is 294 g/mol. The fourth-order valence-corrected chi connectivity index (χ4v) is 1.93. The van der Waals surface area contributed by atoms with Crippen LogP contribution in [-0.2, 0) is 4.74 Å².